The number of amidine groups is 1. The lowest BCUT2D eigenvalue weighted by molar-refractivity contribution is 0.592. The molecule has 0 atom stereocenters. The summed E-state index contributed by atoms with van der Waals surface area (Å²) in [6.45, 7) is 3.66. The number of hydrogen-bond donors (Lipinski definition) is 1. The van der Waals surface area contributed by atoms with Crippen molar-refractivity contribution in [1.82, 2.24) is 5.01 Å². The van der Waals surface area contributed by atoms with E-state index in [2.05, 4.69) is 21.7 Å². The highest BCUT2D eigenvalue weighted by Gasteiger charge is 2.09. The van der Waals surface area contributed by atoms with Crippen LogP contribution in [0, 0.1) is 0 Å². The van der Waals surface area contributed by atoms with Gasteiger partial charge in [0.15, 0.2) is 5.84 Å². The van der Waals surface area contributed by atoms with Crippen LogP contribution in [-0.2, 0) is 0 Å². The van der Waals surface area contributed by atoms with Crippen LogP contribution in [0.1, 0.15) is 0 Å². The molecule has 0 unspecified atom stereocenters. The van der Waals surface area contributed by atoms with Gasteiger partial charge in [-0.3, -0.25) is 4.99 Å². The summed E-state index contributed by atoms with van der Waals surface area (Å²) in [6.07, 6.45) is 2.87. The third kappa shape index (κ3) is 1.43. The molecule has 1 aliphatic rings. The van der Waals surface area contributed by atoms with Crippen molar-refractivity contribution in [2.75, 3.05) is 7.05 Å². The van der Waals surface area contributed by atoms with Crippen LogP contribution < -0.4 is 5.73 Å². The lowest BCUT2D eigenvalue weighted by atomic mass is 10.4. The average molecular weight is 151 g/mol. The Balaban J connectivity index is 2.81. The van der Waals surface area contributed by atoms with E-state index in [0.29, 0.717) is 11.5 Å². The average Bonchev–Trinajstić information content (AvgIpc) is 1.99. The van der Waals surface area contributed by atoms with E-state index >= 15 is 0 Å². The first-order chi connectivity index (χ1) is 5.25. The summed E-state index contributed by atoms with van der Waals surface area (Å²) in [6, 6.07) is 0. The van der Waals surface area contributed by atoms with E-state index in [9.17, 15) is 0 Å². The standard InChI is InChI=1S/C6H9N5/c1-5-6(7)9-3-10-11(5)4-8-2/h3-4H,1H2,2H3,(H2,7,9,10)/b8-4-. The van der Waals surface area contributed by atoms with Crippen LogP contribution in [0.4, 0.5) is 0 Å². The minimum atomic E-state index is 0.361. The van der Waals surface area contributed by atoms with Crippen molar-refractivity contribution in [3.05, 3.63) is 12.3 Å². The molecule has 0 aromatic carbocycles. The lowest BCUT2D eigenvalue weighted by Gasteiger charge is -2.16. The molecule has 0 saturated carbocycles. The number of hydrogen-bond acceptors (Lipinski definition) is 4. The van der Waals surface area contributed by atoms with Crippen molar-refractivity contribution in [2.45, 2.75) is 0 Å². The number of hydrazone groups is 1. The van der Waals surface area contributed by atoms with Crippen molar-refractivity contribution in [1.29, 1.82) is 0 Å². The molecule has 5 nitrogen and oxygen atoms in total. The van der Waals surface area contributed by atoms with Gasteiger partial charge >= 0.3 is 0 Å². The maximum atomic E-state index is 5.45. The van der Waals surface area contributed by atoms with Gasteiger partial charge in [-0.2, -0.15) is 5.10 Å². The third-order valence-corrected chi connectivity index (χ3v) is 1.17. The van der Waals surface area contributed by atoms with Gasteiger partial charge in [0.05, 0.1) is 0 Å². The zero-order valence-corrected chi connectivity index (χ0v) is 6.23. The van der Waals surface area contributed by atoms with E-state index in [1.54, 1.807) is 7.05 Å². The molecule has 58 valence electrons. The van der Waals surface area contributed by atoms with Crippen molar-refractivity contribution < 1.29 is 0 Å². The molecule has 0 saturated heterocycles. The molecule has 11 heavy (non-hydrogen) atoms. The molecule has 0 aromatic heterocycles. The quantitative estimate of drug-likeness (QED) is 0.415. The minimum absolute atomic E-state index is 0.361. The maximum Gasteiger partial charge on any atom is 0.150 e. The van der Waals surface area contributed by atoms with Crippen molar-refractivity contribution >= 4 is 18.5 Å². The molecule has 0 aromatic rings. The highest BCUT2D eigenvalue weighted by atomic mass is 15.5. The van der Waals surface area contributed by atoms with E-state index in [0.717, 1.165) is 0 Å². The monoisotopic (exact) mass is 151 g/mol. The largest absolute Gasteiger partial charge is 0.382 e. The molecule has 5 heteroatoms. The zero-order valence-electron chi connectivity index (χ0n) is 6.23. The Kier molecular flexibility index (Phi) is 2.00. The molecule has 0 fully saturated rings. The van der Waals surface area contributed by atoms with E-state index in [4.69, 9.17) is 5.73 Å². The fourth-order valence-corrected chi connectivity index (χ4v) is 0.614. The van der Waals surface area contributed by atoms with Gasteiger partial charge in [-0.15, -0.1) is 0 Å². The van der Waals surface area contributed by atoms with Gasteiger partial charge < -0.3 is 5.73 Å². The number of aliphatic imine (C=N–C) groups is 2. The van der Waals surface area contributed by atoms with Gasteiger partial charge in [-0.1, -0.05) is 6.58 Å². The highest BCUT2D eigenvalue weighted by molar-refractivity contribution is 6.02. The molecule has 1 heterocycles. The van der Waals surface area contributed by atoms with Gasteiger partial charge in [0.25, 0.3) is 0 Å². The van der Waals surface area contributed by atoms with E-state index in [-0.39, 0.29) is 0 Å². The maximum absolute atomic E-state index is 5.45. The van der Waals surface area contributed by atoms with Gasteiger partial charge in [-0.05, 0) is 0 Å². The van der Waals surface area contributed by atoms with E-state index < -0.39 is 0 Å². The zero-order chi connectivity index (χ0) is 8.27. The predicted octanol–water partition coefficient (Wildman–Crippen LogP) is -0.226. The van der Waals surface area contributed by atoms with Gasteiger partial charge in [0.2, 0.25) is 0 Å². The Morgan fingerprint density at radius 1 is 1.82 bits per heavy atom. The van der Waals surface area contributed by atoms with Crippen LogP contribution in [0.25, 0.3) is 0 Å². The molecule has 0 radical (unpaired) electrons. The Hall–Kier alpha value is -1.65. The SMILES string of the molecule is C=C1C(N)=NC=NN1/C=N\C. The van der Waals surface area contributed by atoms with E-state index in [1.807, 2.05) is 0 Å². The second-order valence-electron chi connectivity index (χ2n) is 1.91. The summed E-state index contributed by atoms with van der Waals surface area (Å²) in [5.74, 6) is 0.361. The molecule has 2 N–H and O–H groups in total. The summed E-state index contributed by atoms with van der Waals surface area (Å²) in [4.78, 5) is 7.50. The smallest absolute Gasteiger partial charge is 0.150 e. The topological polar surface area (TPSA) is 66.3 Å². The molecule has 1 rings (SSSR count). The molecule has 0 spiro atoms. The molecule has 1 aliphatic heterocycles. The van der Waals surface area contributed by atoms with Gasteiger partial charge in [0, 0.05) is 7.05 Å². The molecular weight excluding hydrogens is 142 g/mol. The second kappa shape index (κ2) is 2.96. The second-order valence-corrected chi connectivity index (χ2v) is 1.91. The summed E-state index contributed by atoms with van der Waals surface area (Å²) in [7, 11) is 1.64. The Morgan fingerprint density at radius 3 is 3.18 bits per heavy atom. The molecule has 0 aliphatic carbocycles. The number of nitrogens with two attached hydrogens (primary N) is 1. The number of rotatable bonds is 1. The van der Waals surface area contributed by atoms with Crippen molar-refractivity contribution in [3.8, 4) is 0 Å². The fraction of sp³-hybridized carbons (Fsp3) is 0.167. The van der Waals surface area contributed by atoms with Crippen LogP contribution in [0.2, 0.25) is 0 Å². The van der Waals surface area contributed by atoms with Crippen LogP contribution in [0.15, 0.2) is 27.4 Å². The van der Waals surface area contributed by atoms with Gasteiger partial charge in [-0.25, -0.2) is 10.0 Å². The van der Waals surface area contributed by atoms with Crippen molar-refractivity contribution in [2.24, 2.45) is 20.8 Å². The van der Waals surface area contributed by atoms with Crippen LogP contribution in [0.5, 0.6) is 0 Å². The fourth-order valence-electron chi connectivity index (χ4n) is 0.614. The van der Waals surface area contributed by atoms with Crippen LogP contribution >= 0.6 is 0 Å². The summed E-state index contributed by atoms with van der Waals surface area (Å²) >= 11 is 0. The molecule has 0 amide bonds. The van der Waals surface area contributed by atoms with Crippen molar-refractivity contribution in [3.63, 3.8) is 0 Å². The lowest BCUT2D eigenvalue weighted by Crippen LogP contribution is -2.29. The molecule has 0 bridgehead atoms. The highest BCUT2D eigenvalue weighted by Crippen LogP contribution is 2.02. The minimum Gasteiger partial charge on any atom is -0.382 e. The summed E-state index contributed by atoms with van der Waals surface area (Å²) in [5.41, 5.74) is 5.99. The van der Waals surface area contributed by atoms with Crippen LogP contribution in [-0.4, -0.2) is 30.6 Å². The summed E-state index contributed by atoms with van der Waals surface area (Å²) in [5, 5.41) is 5.30. The van der Waals surface area contributed by atoms with Gasteiger partial charge in [0.1, 0.15) is 18.4 Å². The first kappa shape index (κ1) is 7.46. The Labute approximate surface area is 64.6 Å². The molecular formula is C6H9N5. The van der Waals surface area contributed by atoms with E-state index in [1.165, 1.54) is 17.7 Å². The third-order valence-electron chi connectivity index (χ3n) is 1.17. The number of nitrogens with zero attached hydrogens (tertiary/aromatic N) is 4. The summed E-state index contributed by atoms with van der Waals surface area (Å²) < 4.78 is 0. The first-order valence-corrected chi connectivity index (χ1v) is 3.02. The predicted molar refractivity (Wildman–Crippen MR) is 45.5 cm³/mol. The Morgan fingerprint density at radius 2 is 2.55 bits per heavy atom. The normalized spacial score (nSPS) is 17.7. The Bertz CT molecular complexity index is 250. The van der Waals surface area contributed by atoms with Crippen LogP contribution in [0.3, 0.4) is 0 Å². The first-order valence-electron chi connectivity index (χ1n) is 3.02.